The van der Waals surface area contributed by atoms with E-state index >= 15 is 0 Å². The van der Waals surface area contributed by atoms with Crippen LogP contribution in [0, 0.1) is 0 Å². The summed E-state index contributed by atoms with van der Waals surface area (Å²) in [5.41, 5.74) is 2.60. The van der Waals surface area contributed by atoms with Gasteiger partial charge in [0.1, 0.15) is 0 Å². The number of nitrogens with one attached hydrogen (secondary N) is 2. The summed E-state index contributed by atoms with van der Waals surface area (Å²) in [6.07, 6.45) is 2.93. The molecule has 0 atom stereocenters. The molecule has 2 aliphatic heterocycles. The summed E-state index contributed by atoms with van der Waals surface area (Å²) in [5.74, 6) is 0. The van der Waals surface area contributed by atoms with Crippen LogP contribution in [0.1, 0.15) is 6.42 Å². The molecule has 0 amide bonds. The Hall–Kier alpha value is -0.990. The maximum Gasteiger partial charge on any atom is 0.0846 e. The van der Waals surface area contributed by atoms with Crippen LogP contribution in [0.4, 0.5) is 0 Å². The molecule has 2 heterocycles. The third kappa shape index (κ3) is 0.686. The fourth-order valence-electron chi connectivity index (χ4n) is 1.13. The van der Waals surface area contributed by atoms with Crippen molar-refractivity contribution in [2.24, 2.45) is 4.99 Å². The van der Waals surface area contributed by atoms with Crippen molar-refractivity contribution in [3.8, 4) is 0 Å². The van der Waals surface area contributed by atoms with Gasteiger partial charge in [0.15, 0.2) is 0 Å². The lowest BCUT2D eigenvalue weighted by molar-refractivity contribution is 0.791. The van der Waals surface area contributed by atoms with Crippen LogP contribution >= 0.6 is 0 Å². The van der Waals surface area contributed by atoms with E-state index in [0.29, 0.717) is 0 Å². The van der Waals surface area contributed by atoms with Crippen LogP contribution in [0.15, 0.2) is 16.4 Å². The molecule has 0 aliphatic carbocycles. The molecule has 2 N–H and O–H groups in total. The van der Waals surface area contributed by atoms with E-state index in [-0.39, 0.29) is 0 Å². The van der Waals surface area contributed by atoms with Crippen molar-refractivity contribution in [1.82, 2.24) is 10.6 Å². The second kappa shape index (κ2) is 1.76. The van der Waals surface area contributed by atoms with Crippen molar-refractivity contribution in [3.63, 3.8) is 0 Å². The lowest BCUT2D eigenvalue weighted by Crippen LogP contribution is -2.15. The first-order chi connectivity index (χ1) is 4.47. The molecule has 0 saturated carbocycles. The lowest BCUT2D eigenvalue weighted by atomic mass is 10.2. The van der Waals surface area contributed by atoms with Gasteiger partial charge in [-0.2, -0.15) is 0 Å². The monoisotopic (exact) mass is 123 g/mol. The fraction of sp³-hybridized carbons (Fsp3) is 0.500. The molecule has 0 radical (unpaired) electrons. The van der Waals surface area contributed by atoms with Gasteiger partial charge in [-0.3, -0.25) is 4.99 Å². The summed E-state index contributed by atoms with van der Waals surface area (Å²) < 4.78 is 0. The number of rotatable bonds is 0. The van der Waals surface area contributed by atoms with E-state index in [4.69, 9.17) is 0 Å². The van der Waals surface area contributed by atoms with Crippen molar-refractivity contribution in [3.05, 3.63) is 11.4 Å². The molecule has 0 saturated heterocycles. The molecule has 2 rings (SSSR count). The molecule has 9 heavy (non-hydrogen) atoms. The first kappa shape index (κ1) is 4.85. The Morgan fingerprint density at radius 1 is 1.33 bits per heavy atom. The van der Waals surface area contributed by atoms with Crippen LogP contribution < -0.4 is 10.6 Å². The maximum atomic E-state index is 4.13. The van der Waals surface area contributed by atoms with E-state index in [0.717, 1.165) is 19.6 Å². The van der Waals surface area contributed by atoms with Gasteiger partial charge in [0.2, 0.25) is 0 Å². The molecule has 2 aliphatic rings. The SMILES string of the molecule is C1=NCC2=C(C1)NCN2. The van der Waals surface area contributed by atoms with Gasteiger partial charge in [0, 0.05) is 18.3 Å². The summed E-state index contributed by atoms with van der Waals surface area (Å²) in [7, 11) is 0. The zero-order chi connectivity index (χ0) is 6.10. The number of nitrogens with zero attached hydrogens (tertiary/aromatic N) is 1. The second-order valence-electron chi connectivity index (χ2n) is 2.21. The van der Waals surface area contributed by atoms with Crippen LogP contribution in [-0.2, 0) is 0 Å². The van der Waals surface area contributed by atoms with Gasteiger partial charge in [-0.1, -0.05) is 0 Å². The van der Waals surface area contributed by atoms with Gasteiger partial charge in [-0.05, 0) is 0 Å². The predicted molar refractivity (Wildman–Crippen MR) is 36.1 cm³/mol. The van der Waals surface area contributed by atoms with E-state index in [1.54, 1.807) is 0 Å². The number of hydrogen-bond acceptors (Lipinski definition) is 3. The van der Waals surface area contributed by atoms with Gasteiger partial charge in [-0.25, -0.2) is 0 Å². The molecule has 3 nitrogen and oxygen atoms in total. The Balaban J connectivity index is 2.21. The van der Waals surface area contributed by atoms with Crippen molar-refractivity contribution >= 4 is 6.21 Å². The first-order valence-electron chi connectivity index (χ1n) is 3.15. The Kier molecular flexibility index (Phi) is 0.946. The molecule has 0 spiro atoms. The highest BCUT2D eigenvalue weighted by Gasteiger charge is 2.13. The molecule has 0 aromatic rings. The number of allylic oxidation sites excluding steroid dienone is 1. The highest BCUT2D eigenvalue weighted by molar-refractivity contribution is 5.63. The average molecular weight is 123 g/mol. The molecular weight excluding hydrogens is 114 g/mol. The van der Waals surface area contributed by atoms with E-state index in [9.17, 15) is 0 Å². The largest absolute Gasteiger partial charge is 0.370 e. The van der Waals surface area contributed by atoms with Crippen LogP contribution in [-0.4, -0.2) is 19.4 Å². The first-order valence-corrected chi connectivity index (χ1v) is 3.15. The molecule has 0 fully saturated rings. The third-order valence-corrected chi connectivity index (χ3v) is 1.64. The molecule has 3 heteroatoms. The Morgan fingerprint density at radius 2 is 2.22 bits per heavy atom. The smallest absolute Gasteiger partial charge is 0.0846 e. The topological polar surface area (TPSA) is 36.4 Å². The summed E-state index contributed by atoms with van der Waals surface area (Å²) in [5, 5.41) is 6.45. The van der Waals surface area contributed by atoms with Gasteiger partial charge >= 0.3 is 0 Å². The minimum atomic E-state index is 0.836. The Bertz CT molecular complexity index is 163. The van der Waals surface area contributed by atoms with E-state index in [1.165, 1.54) is 11.4 Å². The van der Waals surface area contributed by atoms with Gasteiger partial charge < -0.3 is 10.6 Å². The van der Waals surface area contributed by atoms with Crippen LogP contribution in [0.2, 0.25) is 0 Å². The highest BCUT2D eigenvalue weighted by atomic mass is 15.2. The number of hydrogen-bond donors (Lipinski definition) is 2. The van der Waals surface area contributed by atoms with Crippen molar-refractivity contribution in [1.29, 1.82) is 0 Å². The van der Waals surface area contributed by atoms with Crippen molar-refractivity contribution in [2.75, 3.05) is 13.2 Å². The predicted octanol–water partition coefficient (Wildman–Crippen LogP) is -0.177. The highest BCUT2D eigenvalue weighted by Crippen LogP contribution is 2.10. The maximum absolute atomic E-state index is 4.13. The molecule has 0 bridgehead atoms. The summed E-state index contributed by atoms with van der Waals surface area (Å²) in [6.45, 7) is 1.72. The fourth-order valence-corrected chi connectivity index (χ4v) is 1.13. The average Bonchev–Trinajstić information content (AvgIpc) is 2.33. The minimum Gasteiger partial charge on any atom is -0.370 e. The third-order valence-electron chi connectivity index (χ3n) is 1.64. The molecule has 0 aromatic carbocycles. The van der Waals surface area contributed by atoms with Crippen LogP contribution in [0.25, 0.3) is 0 Å². The standard InChI is InChI=1S/C6H9N3/c1-2-7-3-6-5(1)8-4-9-6/h2,8-9H,1,3-4H2. The zero-order valence-electron chi connectivity index (χ0n) is 5.15. The molecule has 48 valence electrons. The summed E-state index contributed by atoms with van der Waals surface area (Å²) in [6, 6.07) is 0. The Morgan fingerprint density at radius 3 is 3.11 bits per heavy atom. The van der Waals surface area contributed by atoms with Crippen molar-refractivity contribution in [2.45, 2.75) is 6.42 Å². The van der Waals surface area contributed by atoms with Gasteiger partial charge in [0.05, 0.1) is 18.9 Å². The molecular formula is C6H9N3. The summed E-state index contributed by atoms with van der Waals surface area (Å²) >= 11 is 0. The van der Waals surface area contributed by atoms with Crippen molar-refractivity contribution < 1.29 is 0 Å². The van der Waals surface area contributed by atoms with Gasteiger partial charge in [-0.15, -0.1) is 0 Å². The van der Waals surface area contributed by atoms with Gasteiger partial charge in [0.25, 0.3) is 0 Å². The van der Waals surface area contributed by atoms with E-state index in [2.05, 4.69) is 15.6 Å². The summed E-state index contributed by atoms with van der Waals surface area (Å²) in [4.78, 5) is 4.13. The Labute approximate surface area is 53.9 Å². The quantitative estimate of drug-likeness (QED) is 0.469. The second-order valence-corrected chi connectivity index (χ2v) is 2.21. The minimum absolute atomic E-state index is 0.836. The molecule has 0 aromatic heterocycles. The molecule has 0 unspecified atom stereocenters. The zero-order valence-corrected chi connectivity index (χ0v) is 5.15. The lowest BCUT2D eigenvalue weighted by Gasteiger charge is -2.05. The normalized spacial score (nSPS) is 23.1. The van der Waals surface area contributed by atoms with E-state index in [1.807, 2.05) is 6.21 Å². The van der Waals surface area contributed by atoms with E-state index < -0.39 is 0 Å². The van der Waals surface area contributed by atoms with Crippen LogP contribution in [0.3, 0.4) is 0 Å². The number of aliphatic imine (C=N–C) groups is 1. The number of dihydropyridines is 1. The van der Waals surface area contributed by atoms with Crippen LogP contribution in [0.5, 0.6) is 0 Å².